The molecular weight excluding hydrogens is 308 g/mol. The molecule has 0 amide bonds. The van der Waals surface area contributed by atoms with Crippen LogP contribution in [-0.4, -0.2) is 32.1 Å². The topological polar surface area (TPSA) is 26.0 Å². The molecule has 5 rings (SSSR count). The van der Waals surface area contributed by atoms with E-state index in [-0.39, 0.29) is 0 Å². The molecule has 2 fully saturated rings. The van der Waals surface area contributed by atoms with Crippen molar-refractivity contribution in [3.63, 3.8) is 0 Å². The zero-order valence-electron chi connectivity index (χ0n) is 15.2. The Morgan fingerprint density at radius 2 is 2.00 bits per heavy atom. The Labute approximate surface area is 149 Å². The maximum atomic E-state index is 4.72. The van der Waals surface area contributed by atoms with E-state index in [0.29, 0.717) is 6.04 Å². The predicted molar refractivity (Wildman–Crippen MR) is 101 cm³/mol. The van der Waals surface area contributed by atoms with E-state index < -0.39 is 0 Å². The Morgan fingerprint density at radius 1 is 1.16 bits per heavy atom. The number of aromatic nitrogens is 3. The van der Waals surface area contributed by atoms with Gasteiger partial charge in [0.1, 0.15) is 5.82 Å². The average molecular weight is 334 g/mol. The highest BCUT2D eigenvalue weighted by Crippen LogP contribution is 2.41. The molecule has 3 aromatic rings. The van der Waals surface area contributed by atoms with E-state index in [1.807, 2.05) is 0 Å². The van der Waals surface area contributed by atoms with Crippen LogP contribution in [0.4, 0.5) is 0 Å². The molecule has 1 saturated heterocycles. The molecule has 0 N–H and O–H groups in total. The first-order valence-corrected chi connectivity index (χ1v) is 9.49. The van der Waals surface area contributed by atoms with Crippen molar-refractivity contribution in [2.45, 2.75) is 44.7 Å². The zero-order valence-corrected chi connectivity index (χ0v) is 15.2. The lowest BCUT2D eigenvalue weighted by Gasteiger charge is -2.19. The second-order valence-corrected chi connectivity index (χ2v) is 7.86. The molecule has 4 nitrogen and oxygen atoms in total. The highest BCUT2D eigenvalue weighted by Gasteiger charge is 2.33. The molecule has 0 radical (unpaired) electrons. The molecule has 0 bridgehead atoms. The summed E-state index contributed by atoms with van der Waals surface area (Å²) >= 11 is 0. The van der Waals surface area contributed by atoms with Gasteiger partial charge in [-0.25, -0.2) is 4.98 Å². The first-order valence-electron chi connectivity index (χ1n) is 9.49. The van der Waals surface area contributed by atoms with Gasteiger partial charge >= 0.3 is 0 Å². The van der Waals surface area contributed by atoms with Crippen molar-refractivity contribution < 1.29 is 0 Å². The number of imidazole rings is 1. The van der Waals surface area contributed by atoms with Gasteiger partial charge in [0.25, 0.3) is 0 Å². The fourth-order valence-corrected chi connectivity index (χ4v) is 4.54. The Balaban J connectivity index is 1.37. The molecule has 3 heterocycles. The van der Waals surface area contributed by atoms with Crippen LogP contribution in [-0.2, 0) is 13.6 Å². The average Bonchev–Trinajstić information content (AvgIpc) is 3.12. The lowest BCUT2D eigenvalue weighted by molar-refractivity contribution is 0.315. The van der Waals surface area contributed by atoms with Gasteiger partial charge in [-0.05, 0) is 37.8 Å². The number of aryl methyl sites for hydroxylation is 2. The molecule has 1 aromatic carbocycles. The van der Waals surface area contributed by atoms with E-state index in [1.54, 1.807) is 0 Å². The standard InChI is InChI=1S/C21H26N4/c1-15-11-22-21(16-7-8-16)25(15)18-9-10-24(14-18)13-17-12-23(2)20-6-4-3-5-19(17)20/h3-6,11-12,16,18H,7-10,13-14H2,1-2H3/t18-/m0/s1. The number of benzene rings is 1. The summed E-state index contributed by atoms with van der Waals surface area (Å²) < 4.78 is 4.80. The molecular formula is C21H26N4. The number of para-hydroxylation sites is 1. The maximum absolute atomic E-state index is 4.72. The summed E-state index contributed by atoms with van der Waals surface area (Å²) in [5.74, 6) is 2.07. The number of rotatable bonds is 4. The van der Waals surface area contributed by atoms with Crippen LogP contribution in [0.25, 0.3) is 10.9 Å². The molecule has 1 atom stereocenters. The van der Waals surface area contributed by atoms with Gasteiger partial charge in [-0.1, -0.05) is 18.2 Å². The third kappa shape index (κ3) is 2.60. The zero-order chi connectivity index (χ0) is 17.0. The third-order valence-corrected chi connectivity index (χ3v) is 5.94. The largest absolute Gasteiger partial charge is 0.350 e. The van der Waals surface area contributed by atoms with Gasteiger partial charge in [0.15, 0.2) is 0 Å². The monoisotopic (exact) mass is 334 g/mol. The van der Waals surface area contributed by atoms with Gasteiger partial charge in [0, 0.05) is 67.6 Å². The smallest absolute Gasteiger partial charge is 0.112 e. The Bertz CT molecular complexity index is 915. The number of fused-ring (bicyclic) bond motifs is 1. The molecule has 2 aromatic heterocycles. The Morgan fingerprint density at radius 3 is 2.84 bits per heavy atom. The minimum atomic E-state index is 0.591. The molecule has 130 valence electrons. The van der Waals surface area contributed by atoms with E-state index in [9.17, 15) is 0 Å². The summed E-state index contributed by atoms with van der Waals surface area (Å²) in [4.78, 5) is 7.33. The van der Waals surface area contributed by atoms with Crippen LogP contribution in [0.15, 0.2) is 36.7 Å². The number of nitrogens with zero attached hydrogens (tertiary/aromatic N) is 4. The van der Waals surface area contributed by atoms with Crippen molar-refractivity contribution in [2.24, 2.45) is 7.05 Å². The summed E-state index contributed by atoms with van der Waals surface area (Å²) in [5, 5.41) is 1.39. The minimum absolute atomic E-state index is 0.591. The van der Waals surface area contributed by atoms with Crippen LogP contribution < -0.4 is 0 Å². The normalized spacial score (nSPS) is 21.4. The van der Waals surface area contributed by atoms with Crippen molar-refractivity contribution in [1.82, 2.24) is 19.0 Å². The fraction of sp³-hybridized carbons (Fsp3) is 0.476. The highest BCUT2D eigenvalue weighted by atomic mass is 15.2. The van der Waals surface area contributed by atoms with Crippen molar-refractivity contribution in [2.75, 3.05) is 13.1 Å². The van der Waals surface area contributed by atoms with E-state index in [2.05, 4.69) is 64.7 Å². The molecule has 25 heavy (non-hydrogen) atoms. The van der Waals surface area contributed by atoms with Gasteiger partial charge in [-0.15, -0.1) is 0 Å². The quantitative estimate of drug-likeness (QED) is 0.720. The predicted octanol–water partition coefficient (Wildman–Crippen LogP) is 4.01. The molecule has 1 aliphatic carbocycles. The van der Waals surface area contributed by atoms with Crippen molar-refractivity contribution >= 4 is 10.9 Å². The van der Waals surface area contributed by atoms with Gasteiger partial charge in [0.05, 0.1) is 0 Å². The Hall–Kier alpha value is -2.07. The van der Waals surface area contributed by atoms with E-state index in [4.69, 9.17) is 4.98 Å². The second-order valence-electron chi connectivity index (χ2n) is 7.86. The lowest BCUT2D eigenvalue weighted by Crippen LogP contribution is -2.22. The van der Waals surface area contributed by atoms with Crippen LogP contribution in [0.5, 0.6) is 0 Å². The highest BCUT2D eigenvalue weighted by molar-refractivity contribution is 5.83. The van der Waals surface area contributed by atoms with Crippen LogP contribution in [0.1, 0.15) is 48.3 Å². The molecule has 1 saturated carbocycles. The van der Waals surface area contributed by atoms with Crippen molar-refractivity contribution in [3.8, 4) is 0 Å². The van der Waals surface area contributed by atoms with Crippen LogP contribution in [0.2, 0.25) is 0 Å². The maximum Gasteiger partial charge on any atom is 0.112 e. The van der Waals surface area contributed by atoms with Gasteiger partial charge in [0.2, 0.25) is 0 Å². The summed E-state index contributed by atoms with van der Waals surface area (Å²) in [6.45, 7) is 5.58. The third-order valence-electron chi connectivity index (χ3n) is 5.94. The van der Waals surface area contributed by atoms with E-state index >= 15 is 0 Å². The molecule has 1 aliphatic heterocycles. The molecule has 0 unspecified atom stereocenters. The number of likely N-dealkylation sites (tertiary alicyclic amines) is 1. The van der Waals surface area contributed by atoms with Crippen LogP contribution in [0.3, 0.4) is 0 Å². The summed E-state index contributed by atoms with van der Waals surface area (Å²) in [6.07, 6.45) is 8.25. The fourth-order valence-electron chi connectivity index (χ4n) is 4.54. The van der Waals surface area contributed by atoms with Crippen molar-refractivity contribution in [1.29, 1.82) is 0 Å². The summed E-state index contributed by atoms with van der Waals surface area (Å²) in [5.41, 5.74) is 4.11. The van der Waals surface area contributed by atoms with Crippen molar-refractivity contribution in [3.05, 3.63) is 53.7 Å². The molecule has 2 aliphatic rings. The summed E-state index contributed by atoms with van der Waals surface area (Å²) in [7, 11) is 2.15. The van der Waals surface area contributed by atoms with Gasteiger partial charge in [-0.3, -0.25) is 4.90 Å². The first-order chi connectivity index (χ1) is 12.2. The van der Waals surface area contributed by atoms with Crippen LogP contribution >= 0.6 is 0 Å². The summed E-state index contributed by atoms with van der Waals surface area (Å²) in [6, 6.07) is 9.33. The van der Waals surface area contributed by atoms with E-state index in [0.717, 1.165) is 19.0 Å². The molecule has 4 heteroatoms. The minimum Gasteiger partial charge on any atom is -0.350 e. The SMILES string of the molecule is Cc1cnc(C2CC2)n1[C@H]1CCN(Cc2cn(C)c3ccccc23)C1. The number of hydrogen-bond donors (Lipinski definition) is 0. The van der Waals surface area contributed by atoms with Gasteiger partial charge in [-0.2, -0.15) is 0 Å². The first kappa shape index (κ1) is 15.2. The van der Waals surface area contributed by atoms with Gasteiger partial charge < -0.3 is 9.13 Å². The number of hydrogen-bond acceptors (Lipinski definition) is 2. The molecule has 0 spiro atoms. The second kappa shape index (κ2) is 5.73. The Kier molecular flexibility index (Phi) is 3.49. The van der Waals surface area contributed by atoms with Crippen LogP contribution in [0, 0.1) is 6.92 Å². The lowest BCUT2D eigenvalue weighted by atomic mass is 10.1. The van der Waals surface area contributed by atoms with E-state index in [1.165, 1.54) is 53.8 Å².